The number of amides is 5. The molecule has 1 aliphatic rings. The highest BCUT2D eigenvalue weighted by molar-refractivity contribution is 6.43. The van der Waals surface area contributed by atoms with Gasteiger partial charge >= 0.3 is 13.1 Å². The molecule has 21 heteroatoms. The van der Waals surface area contributed by atoms with E-state index in [0.29, 0.717) is 69.4 Å². The Hall–Kier alpha value is -5.35. The van der Waals surface area contributed by atoms with Crippen LogP contribution >= 0.6 is 0 Å². The van der Waals surface area contributed by atoms with Gasteiger partial charge in [-0.2, -0.15) is 0 Å². The molecule has 59 heavy (non-hydrogen) atoms. The maximum atomic E-state index is 13.2. The number of aliphatic carboxylic acids is 1. The van der Waals surface area contributed by atoms with Crippen LogP contribution in [0.25, 0.3) is 0 Å². The van der Waals surface area contributed by atoms with Crippen LogP contribution in [0, 0.1) is 0 Å². The van der Waals surface area contributed by atoms with E-state index < -0.39 is 67.1 Å². The molecule has 0 bridgehead atoms. The van der Waals surface area contributed by atoms with Crippen LogP contribution < -0.4 is 37.9 Å². The Labute approximate surface area is 344 Å². The van der Waals surface area contributed by atoms with Crippen molar-refractivity contribution in [2.75, 3.05) is 25.6 Å². The number of hydrazine groups is 1. The number of methoxy groups -OCH3 is 1. The highest BCUT2D eigenvalue weighted by Crippen LogP contribution is 2.20. The van der Waals surface area contributed by atoms with Gasteiger partial charge in [-0.15, -0.1) is 6.58 Å². The second-order valence-corrected chi connectivity index (χ2v) is 14.4. The summed E-state index contributed by atoms with van der Waals surface area (Å²) >= 11 is 0. The molecule has 2 unspecified atom stereocenters. The van der Waals surface area contributed by atoms with Crippen molar-refractivity contribution < 1.29 is 48.7 Å². The summed E-state index contributed by atoms with van der Waals surface area (Å²) < 4.78 is 5.34. The summed E-state index contributed by atoms with van der Waals surface area (Å²) in [4.78, 5) is 83.8. The monoisotopic (exact) mass is 826 g/mol. The number of aromatic nitrogens is 2. The Morgan fingerprint density at radius 1 is 1.03 bits per heavy atom. The Balaban J connectivity index is 1.28. The second kappa shape index (κ2) is 25.2. The largest absolute Gasteiger partial charge is 0.480 e. The van der Waals surface area contributed by atoms with Gasteiger partial charge in [0.05, 0.1) is 29.7 Å². The lowest BCUT2D eigenvalue weighted by atomic mass is 9.78. The molecule has 0 aliphatic carbocycles. The Morgan fingerprint density at radius 3 is 2.36 bits per heavy atom. The molecule has 2 aromatic rings. The fourth-order valence-corrected chi connectivity index (χ4v) is 6.45. The number of hydrogen-bond donors (Lipinski definition) is 11. The zero-order valence-electron chi connectivity index (χ0n) is 33.7. The Morgan fingerprint density at radius 2 is 1.75 bits per heavy atom. The number of nitrogens with zero attached hydrogens (tertiary/aromatic N) is 2. The van der Waals surface area contributed by atoms with Gasteiger partial charge in [0.15, 0.2) is 0 Å². The maximum absolute atomic E-state index is 13.2. The number of ether oxygens (including phenoxy) is 1. The van der Waals surface area contributed by atoms with Crippen LogP contribution in [0.3, 0.4) is 0 Å². The van der Waals surface area contributed by atoms with Crippen molar-refractivity contribution >= 4 is 48.3 Å². The summed E-state index contributed by atoms with van der Waals surface area (Å²) in [6.07, 6.45) is 8.37. The highest BCUT2D eigenvalue weighted by atomic mass is 16.5. The minimum absolute atomic E-state index is 0.154. The quantitative estimate of drug-likeness (QED) is 0.0178. The highest BCUT2D eigenvalue weighted by Gasteiger charge is 2.39. The van der Waals surface area contributed by atoms with Gasteiger partial charge in [-0.25, -0.2) is 9.78 Å². The van der Waals surface area contributed by atoms with Crippen LogP contribution in [0.1, 0.15) is 87.2 Å². The summed E-state index contributed by atoms with van der Waals surface area (Å²) in [5.74, 6) is -3.87. The van der Waals surface area contributed by atoms with E-state index in [0.717, 1.165) is 0 Å². The number of aromatic amines is 1. The van der Waals surface area contributed by atoms with E-state index in [1.807, 2.05) is 0 Å². The van der Waals surface area contributed by atoms with Gasteiger partial charge in [-0.1, -0.05) is 12.5 Å². The number of unbranched alkanes of at least 4 members (excludes halogenated alkanes) is 3. The van der Waals surface area contributed by atoms with Crippen molar-refractivity contribution in [2.24, 2.45) is 5.73 Å². The van der Waals surface area contributed by atoms with E-state index in [4.69, 9.17) is 10.5 Å². The number of carboxylic acid groups (broad SMARTS) is 1. The van der Waals surface area contributed by atoms with Gasteiger partial charge in [-0.3, -0.25) is 40.1 Å². The number of hydrogen-bond acceptors (Lipinski definition) is 13. The molecular formula is C38H59BN10O10. The average Bonchev–Trinajstić information content (AvgIpc) is 3.93. The van der Waals surface area contributed by atoms with E-state index in [9.17, 15) is 43.9 Å². The second-order valence-electron chi connectivity index (χ2n) is 14.4. The lowest BCUT2D eigenvalue weighted by molar-refractivity contribution is -0.142. The number of nitrogens with two attached hydrogens (primary N) is 1. The molecule has 1 aromatic carbocycles. The number of carbonyl (C=O) groups is 6. The zero-order valence-corrected chi connectivity index (χ0v) is 33.7. The van der Waals surface area contributed by atoms with Crippen LogP contribution in [0.4, 0.5) is 5.69 Å². The van der Waals surface area contributed by atoms with E-state index in [1.165, 1.54) is 36.5 Å². The Kier molecular flexibility index (Phi) is 20.5. The molecule has 5 amide bonds. The van der Waals surface area contributed by atoms with Gasteiger partial charge in [0.25, 0.3) is 5.91 Å². The van der Waals surface area contributed by atoms with Crippen molar-refractivity contribution in [1.82, 2.24) is 41.6 Å². The molecule has 0 spiro atoms. The number of H-pyrrole nitrogens is 1. The fourth-order valence-electron chi connectivity index (χ4n) is 6.45. The summed E-state index contributed by atoms with van der Waals surface area (Å²) in [5.41, 5.74) is 12.7. The van der Waals surface area contributed by atoms with Gasteiger partial charge in [-0.05, 0) is 76.1 Å². The third-order valence-electron chi connectivity index (χ3n) is 9.75. The van der Waals surface area contributed by atoms with E-state index in [1.54, 1.807) is 25.3 Å². The van der Waals surface area contributed by atoms with Crippen molar-refractivity contribution in [1.29, 1.82) is 0 Å². The maximum Gasteiger partial charge on any atom is 0.475 e. The minimum atomic E-state index is -1.68. The van der Waals surface area contributed by atoms with Crippen molar-refractivity contribution in [2.45, 2.75) is 114 Å². The first-order valence-corrected chi connectivity index (χ1v) is 19.8. The minimum Gasteiger partial charge on any atom is -0.480 e. The SMILES string of the molecule is C=C[C@@H](NC(=O)c1ccc(NNC(=O)CCCCCC(=O)NCCCC[C@H](NC(=O)C(Cc2c[nH]cn2)NC(OC)[C@H](C)N)C(=O)O)cc1)C(=O)N1CCC[C@H]1B(O)O. The number of anilines is 1. The molecule has 12 N–H and O–H groups in total. The molecule has 324 valence electrons. The van der Waals surface area contributed by atoms with Gasteiger partial charge in [0.2, 0.25) is 23.6 Å². The van der Waals surface area contributed by atoms with E-state index in [2.05, 4.69) is 48.7 Å². The van der Waals surface area contributed by atoms with Crippen molar-refractivity contribution in [3.8, 4) is 0 Å². The fraction of sp³-hybridized carbons (Fsp3) is 0.553. The average molecular weight is 827 g/mol. The molecule has 1 aromatic heterocycles. The van der Waals surface area contributed by atoms with Crippen LogP contribution in [-0.4, -0.2) is 129 Å². The number of nitrogens with one attached hydrogen (secondary N) is 7. The third-order valence-corrected chi connectivity index (χ3v) is 9.75. The number of benzene rings is 1. The molecule has 0 saturated carbocycles. The Bertz CT molecular complexity index is 1660. The summed E-state index contributed by atoms with van der Waals surface area (Å²) in [5, 5.41) is 40.0. The standard InChI is InChI=1S/C38H59BN10O10/c1-4-28(37(54)49-20-10-12-31(49)39(57)58)44-34(52)25-15-17-26(18-16-25)47-48-33(51)14-7-5-6-13-32(50)42-19-9-8-11-29(38(55)56)45-35(53)30(21-27-22-41-23-43-27)46-36(59-3)24(2)40/h4,15-18,22-24,28-31,36,46-47,57-58H,1,5-14,19-21,40H2,2-3H3,(H,41,43)(H,42,50)(H,44,52)(H,45,53)(H,48,51)(H,55,56)/t24-,28+,29-,30?,31-,36?/m0/s1. The van der Waals surface area contributed by atoms with Crippen LogP contribution in [0.2, 0.25) is 0 Å². The molecule has 6 atom stereocenters. The predicted octanol–water partition coefficient (Wildman–Crippen LogP) is -0.533. The molecule has 0 radical (unpaired) electrons. The summed E-state index contributed by atoms with van der Waals surface area (Å²) in [7, 11) is -0.222. The van der Waals surface area contributed by atoms with Crippen LogP contribution in [0.15, 0.2) is 49.4 Å². The first-order chi connectivity index (χ1) is 28.2. The van der Waals surface area contributed by atoms with Crippen LogP contribution in [-0.2, 0) is 35.1 Å². The molecule has 2 heterocycles. The zero-order chi connectivity index (χ0) is 43.3. The van der Waals surface area contributed by atoms with Crippen molar-refractivity contribution in [3.63, 3.8) is 0 Å². The number of rotatable bonds is 27. The number of likely N-dealkylation sites (tertiary alicyclic amines) is 1. The first-order valence-electron chi connectivity index (χ1n) is 19.8. The summed E-state index contributed by atoms with van der Waals surface area (Å²) in [6, 6.07) is 2.72. The van der Waals surface area contributed by atoms with Gasteiger partial charge < -0.3 is 51.5 Å². The first kappa shape index (κ1) is 48.0. The van der Waals surface area contributed by atoms with E-state index in [-0.39, 0.29) is 43.1 Å². The number of carboxylic acids is 1. The topological polar surface area (TPSA) is 302 Å². The van der Waals surface area contributed by atoms with E-state index >= 15 is 0 Å². The molecule has 1 saturated heterocycles. The number of imidazole rings is 1. The molecule has 1 fully saturated rings. The van der Waals surface area contributed by atoms with Crippen LogP contribution in [0.5, 0.6) is 0 Å². The lowest BCUT2D eigenvalue weighted by Gasteiger charge is -2.27. The molecule has 3 rings (SSSR count). The van der Waals surface area contributed by atoms with Gasteiger partial charge in [0.1, 0.15) is 18.3 Å². The molecular weight excluding hydrogens is 767 g/mol. The van der Waals surface area contributed by atoms with Crippen molar-refractivity contribution in [3.05, 3.63) is 60.7 Å². The third kappa shape index (κ3) is 16.4. The smallest absolute Gasteiger partial charge is 0.475 e. The van der Waals surface area contributed by atoms with Gasteiger partial charge in [0, 0.05) is 57.3 Å². The molecule has 20 nitrogen and oxygen atoms in total. The predicted molar refractivity (Wildman–Crippen MR) is 218 cm³/mol. The molecule has 1 aliphatic heterocycles. The summed E-state index contributed by atoms with van der Waals surface area (Å²) in [6.45, 7) is 6.04. The lowest BCUT2D eigenvalue weighted by Crippen LogP contribution is -2.57. The normalized spacial score (nSPS) is 16.2. The number of carbonyl (C=O) groups excluding carboxylic acids is 5.